The highest BCUT2D eigenvalue weighted by Crippen LogP contribution is 2.30. The van der Waals surface area contributed by atoms with Crippen molar-refractivity contribution in [3.05, 3.63) is 63.0 Å². The van der Waals surface area contributed by atoms with Crippen LogP contribution in [0.5, 0.6) is 0 Å². The van der Waals surface area contributed by atoms with E-state index in [-0.39, 0.29) is 6.03 Å². The van der Waals surface area contributed by atoms with Gasteiger partial charge in [-0.3, -0.25) is 4.98 Å². The highest BCUT2D eigenvalue weighted by atomic mass is 127. The summed E-state index contributed by atoms with van der Waals surface area (Å²) in [6, 6.07) is 8.00. The summed E-state index contributed by atoms with van der Waals surface area (Å²) in [5.41, 5.74) is 2.27. The SMILES string of the molecule is N#CCc1cnc(C2=CCN(C(=O)Nc3ccc(C(F)(F)F)cc3)CC2)c(I)c1. The van der Waals surface area contributed by atoms with Crippen LogP contribution in [-0.2, 0) is 12.6 Å². The highest BCUT2D eigenvalue weighted by Gasteiger charge is 2.30. The third-order valence-corrected chi connectivity index (χ3v) is 5.27. The number of amides is 2. The number of nitriles is 1. The van der Waals surface area contributed by atoms with Gasteiger partial charge in [-0.25, -0.2) is 4.79 Å². The summed E-state index contributed by atoms with van der Waals surface area (Å²) >= 11 is 2.18. The lowest BCUT2D eigenvalue weighted by molar-refractivity contribution is -0.137. The van der Waals surface area contributed by atoms with Crippen molar-refractivity contribution in [2.24, 2.45) is 0 Å². The summed E-state index contributed by atoms with van der Waals surface area (Å²) in [7, 11) is 0. The fraction of sp³-hybridized carbons (Fsp3) is 0.250. The number of carbonyl (C=O) groups excluding carboxylic acids is 1. The van der Waals surface area contributed by atoms with Crippen LogP contribution in [0, 0.1) is 14.9 Å². The fourth-order valence-electron chi connectivity index (χ4n) is 2.92. The van der Waals surface area contributed by atoms with E-state index in [2.05, 4.69) is 39.0 Å². The number of nitrogens with zero attached hydrogens (tertiary/aromatic N) is 3. The predicted octanol–water partition coefficient (Wildman–Crippen LogP) is 5.09. The summed E-state index contributed by atoms with van der Waals surface area (Å²) in [6.07, 6.45) is 0.117. The molecule has 2 heterocycles. The Labute approximate surface area is 179 Å². The number of hydrogen-bond acceptors (Lipinski definition) is 3. The van der Waals surface area contributed by atoms with Crippen LogP contribution in [0.3, 0.4) is 0 Å². The zero-order valence-corrected chi connectivity index (χ0v) is 17.3. The van der Waals surface area contributed by atoms with Crippen LogP contribution < -0.4 is 5.32 Å². The van der Waals surface area contributed by atoms with E-state index in [9.17, 15) is 18.0 Å². The molecule has 0 fully saturated rings. The number of carbonyl (C=O) groups is 1. The number of halogens is 4. The van der Waals surface area contributed by atoms with Gasteiger partial charge in [0.25, 0.3) is 0 Å². The Kier molecular flexibility index (Phi) is 6.42. The lowest BCUT2D eigenvalue weighted by Crippen LogP contribution is -2.38. The quantitative estimate of drug-likeness (QED) is 0.583. The average Bonchev–Trinajstić information content (AvgIpc) is 2.68. The van der Waals surface area contributed by atoms with Gasteiger partial charge in [-0.05, 0) is 70.5 Å². The summed E-state index contributed by atoms with van der Waals surface area (Å²) in [5.74, 6) is 0. The van der Waals surface area contributed by atoms with E-state index in [1.54, 1.807) is 11.1 Å². The number of anilines is 1. The monoisotopic (exact) mass is 512 g/mol. The van der Waals surface area contributed by atoms with E-state index in [1.807, 2.05) is 12.1 Å². The smallest absolute Gasteiger partial charge is 0.320 e. The molecular formula is C20H16F3IN4O. The number of urea groups is 1. The van der Waals surface area contributed by atoms with E-state index in [0.29, 0.717) is 31.6 Å². The first kappa shape index (κ1) is 21.1. The van der Waals surface area contributed by atoms with Gasteiger partial charge in [0.05, 0.1) is 23.7 Å². The van der Waals surface area contributed by atoms with E-state index in [1.165, 1.54) is 12.1 Å². The molecule has 9 heteroatoms. The lowest BCUT2D eigenvalue weighted by Gasteiger charge is -2.27. The Balaban J connectivity index is 1.63. The van der Waals surface area contributed by atoms with E-state index < -0.39 is 11.7 Å². The van der Waals surface area contributed by atoms with Crippen LogP contribution in [-0.4, -0.2) is 29.0 Å². The van der Waals surface area contributed by atoms with Crippen molar-refractivity contribution in [3.8, 4) is 6.07 Å². The molecule has 3 rings (SSSR count). The van der Waals surface area contributed by atoms with E-state index >= 15 is 0 Å². The molecule has 150 valence electrons. The number of rotatable bonds is 3. The standard InChI is InChI=1S/C20H16F3IN4O/c21-20(22,23)15-1-3-16(4-2-15)27-19(29)28-9-6-14(7-10-28)18-17(24)11-13(5-8-25)12-26-18/h1-4,6,11-12H,5,7,9-10H2,(H,27,29). The molecule has 1 N–H and O–H groups in total. The first-order chi connectivity index (χ1) is 13.8. The molecule has 1 aliphatic heterocycles. The van der Waals surface area contributed by atoms with Gasteiger partial charge in [-0.2, -0.15) is 18.4 Å². The maximum atomic E-state index is 12.6. The molecule has 1 aromatic carbocycles. The van der Waals surface area contributed by atoms with E-state index in [0.717, 1.165) is 32.5 Å². The molecule has 29 heavy (non-hydrogen) atoms. The number of nitrogens with one attached hydrogen (secondary N) is 1. The summed E-state index contributed by atoms with van der Waals surface area (Å²) in [5, 5.41) is 11.4. The van der Waals surface area contributed by atoms with Crippen LogP contribution in [0.15, 0.2) is 42.6 Å². The van der Waals surface area contributed by atoms with Gasteiger partial charge >= 0.3 is 12.2 Å². The zero-order chi connectivity index (χ0) is 21.0. The predicted molar refractivity (Wildman–Crippen MR) is 111 cm³/mol. The topological polar surface area (TPSA) is 69.0 Å². The Morgan fingerprint density at radius 3 is 2.59 bits per heavy atom. The molecule has 0 bridgehead atoms. The molecule has 0 saturated carbocycles. The van der Waals surface area contributed by atoms with Gasteiger partial charge in [0.15, 0.2) is 0 Å². The van der Waals surface area contributed by atoms with Crippen LogP contribution in [0.1, 0.15) is 23.2 Å². The molecule has 0 radical (unpaired) electrons. The van der Waals surface area contributed by atoms with Gasteiger partial charge in [0.1, 0.15) is 0 Å². The number of pyridine rings is 1. The Bertz CT molecular complexity index is 981. The Hall–Kier alpha value is -2.61. The zero-order valence-electron chi connectivity index (χ0n) is 15.1. The van der Waals surface area contributed by atoms with Crippen LogP contribution in [0.4, 0.5) is 23.7 Å². The van der Waals surface area contributed by atoms with Crippen LogP contribution in [0.2, 0.25) is 0 Å². The Morgan fingerprint density at radius 2 is 2.03 bits per heavy atom. The largest absolute Gasteiger partial charge is 0.416 e. The lowest BCUT2D eigenvalue weighted by atomic mass is 10.0. The number of aromatic nitrogens is 1. The molecule has 1 aliphatic rings. The molecule has 2 amide bonds. The molecule has 2 aromatic rings. The average molecular weight is 512 g/mol. The van der Waals surface area contributed by atoms with Gasteiger partial charge < -0.3 is 10.2 Å². The van der Waals surface area contributed by atoms with Crippen LogP contribution in [0.25, 0.3) is 5.57 Å². The van der Waals surface area contributed by atoms with Crippen molar-refractivity contribution < 1.29 is 18.0 Å². The normalized spacial score (nSPS) is 14.2. The Morgan fingerprint density at radius 1 is 1.31 bits per heavy atom. The number of benzene rings is 1. The molecule has 1 aromatic heterocycles. The summed E-state index contributed by atoms with van der Waals surface area (Å²) in [4.78, 5) is 18.4. The van der Waals surface area contributed by atoms with Crippen molar-refractivity contribution in [2.75, 3.05) is 18.4 Å². The summed E-state index contributed by atoms with van der Waals surface area (Å²) < 4.78 is 38.8. The molecule has 0 atom stereocenters. The molecular weight excluding hydrogens is 496 g/mol. The first-order valence-electron chi connectivity index (χ1n) is 8.72. The highest BCUT2D eigenvalue weighted by molar-refractivity contribution is 14.1. The molecule has 0 unspecified atom stereocenters. The van der Waals surface area contributed by atoms with Crippen molar-refractivity contribution in [3.63, 3.8) is 0 Å². The van der Waals surface area contributed by atoms with E-state index in [4.69, 9.17) is 5.26 Å². The van der Waals surface area contributed by atoms with Crippen molar-refractivity contribution in [1.82, 2.24) is 9.88 Å². The molecule has 0 aliphatic carbocycles. The van der Waals surface area contributed by atoms with Gasteiger partial charge in [-0.1, -0.05) is 6.08 Å². The minimum absolute atomic E-state index is 0.306. The second-order valence-corrected chi connectivity index (χ2v) is 7.60. The number of alkyl halides is 3. The molecule has 0 spiro atoms. The van der Waals surface area contributed by atoms with Crippen molar-refractivity contribution in [1.29, 1.82) is 5.26 Å². The molecule has 5 nitrogen and oxygen atoms in total. The van der Waals surface area contributed by atoms with Crippen molar-refractivity contribution in [2.45, 2.75) is 19.0 Å². The second kappa shape index (κ2) is 8.82. The third kappa shape index (κ3) is 5.26. The van der Waals surface area contributed by atoms with Gasteiger partial charge in [0, 0.05) is 28.5 Å². The first-order valence-corrected chi connectivity index (χ1v) is 9.80. The molecule has 0 saturated heterocycles. The second-order valence-electron chi connectivity index (χ2n) is 6.44. The minimum atomic E-state index is -4.41. The van der Waals surface area contributed by atoms with Crippen molar-refractivity contribution >= 4 is 39.9 Å². The van der Waals surface area contributed by atoms with Gasteiger partial charge in [0.2, 0.25) is 0 Å². The number of hydrogen-bond donors (Lipinski definition) is 1. The summed E-state index contributed by atoms with van der Waals surface area (Å²) in [6.45, 7) is 0.843. The maximum Gasteiger partial charge on any atom is 0.416 e. The van der Waals surface area contributed by atoms with Crippen LogP contribution >= 0.6 is 22.6 Å². The maximum absolute atomic E-state index is 12.6. The minimum Gasteiger partial charge on any atom is -0.320 e. The van der Waals surface area contributed by atoms with Gasteiger partial charge in [-0.15, -0.1) is 0 Å². The third-order valence-electron chi connectivity index (χ3n) is 4.44. The fourth-order valence-corrected chi connectivity index (χ4v) is 3.80.